The van der Waals surface area contributed by atoms with Crippen LogP contribution in [0.1, 0.15) is 49.5 Å². The van der Waals surface area contributed by atoms with E-state index in [2.05, 4.69) is 10.6 Å². The van der Waals surface area contributed by atoms with Crippen molar-refractivity contribution >= 4 is 28.6 Å². The van der Waals surface area contributed by atoms with Crippen LogP contribution in [0, 0.1) is 17.6 Å². The zero-order valence-corrected chi connectivity index (χ0v) is 28.8. The number of carbonyl (C=O) groups excluding carboxylic acids is 3. The lowest BCUT2D eigenvalue weighted by molar-refractivity contribution is -0.140. The largest absolute Gasteiger partial charge is 0.487 e. The molecule has 4 rings (SSSR count). The van der Waals surface area contributed by atoms with E-state index in [0.717, 1.165) is 38.2 Å². The van der Waals surface area contributed by atoms with Crippen molar-refractivity contribution < 1.29 is 47.2 Å². The van der Waals surface area contributed by atoms with Gasteiger partial charge in [-0.3, -0.25) is 14.4 Å². The van der Waals surface area contributed by atoms with E-state index in [1.54, 1.807) is 30.8 Å². The van der Waals surface area contributed by atoms with E-state index in [9.17, 15) is 23.2 Å². The molecule has 1 aliphatic carbocycles. The van der Waals surface area contributed by atoms with Gasteiger partial charge in [0.05, 0.1) is 57.8 Å². The number of aliphatic hydroxyl groups excluding tert-OH is 1. The number of benzene rings is 1. The molecular formula is C34H51F2N5O8. The molecule has 15 heteroatoms. The molecule has 1 aromatic carbocycles. The highest BCUT2D eigenvalue weighted by Crippen LogP contribution is 2.34. The van der Waals surface area contributed by atoms with Crippen LogP contribution in [0.2, 0.25) is 0 Å². The highest BCUT2D eigenvalue weighted by atomic mass is 19.2. The molecule has 2 aliphatic rings. The Labute approximate surface area is 286 Å². The third-order valence-corrected chi connectivity index (χ3v) is 9.26. The molecule has 1 aliphatic heterocycles. The van der Waals surface area contributed by atoms with Gasteiger partial charge in [0, 0.05) is 44.7 Å². The van der Waals surface area contributed by atoms with Gasteiger partial charge in [-0.25, -0.2) is 4.39 Å². The second-order valence-electron chi connectivity index (χ2n) is 12.4. The molecule has 49 heavy (non-hydrogen) atoms. The quantitative estimate of drug-likeness (QED) is 0.199. The normalized spacial score (nSPS) is 16.9. The second kappa shape index (κ2) is 19.1. The van der Waals surface area contributed by atoms with E-state index < -0.39 is 23.7 Å². The number of hydrogen-bond donors (Lipinski definition) is 3. The first-order valence-corrected chi connectivity index (χ1v) is 17.2. The van der Waals surface area contributed by atoms with Crippen LogP contribution in [0.15, 0.2) is 12.1 Å². The molecule has 274 valence electrons. The lowest BCUT2D eigenvalue weighted by atomic mass is 9.83. The summed E-state index contributed by atoms with van der Waals surface area (Å²) in [4.78, 5) is 43.6. The van der Waals surface area contributed by atoms with Crippen LogP contribution in [-0.4, -0.2) is 135 Å². The summed E-state index contributed by atoms with van der Waals surface area (Å²) in [7, 11) is 3.31. The number of aliphatic hydroxyl groups is 1. The number of carbonyl (C=O) groups is 3. The Morgan fingerprint density at radius 2 is 1.49 bits per heavy atom. The Bertz CT molecular complexity index is 1390. The molecule has 13 nitrogen and oxygen atoms in total. The summed E-state index contributed by atoms with van der Waals surface area (Å²) >= 11 is 0. The van der Waals surface area contributed by atoms with Gasteiger partial charge in [-0.1, -0.05) is 19.3 Å². The molecule has 2 fully saturated rings. The van der Waals surface area contributed by atoms with Crippen molar-refractivity contribution in [2.45, 2.75) is 51.1 Å². The van der Waals surface area contributed by atoms with E-state index >= 15 is 0 Å². The van der Waals surface area contributed by atoms with Crippen LogP contribution in [0.5, 0.6) is 5.75 Å². The number of rotatable bonds is 18. The minimum absolute atomic E-state index is 0.0513. The topological polar surface area (TPSA) is 144 Å². The average molecular weight is 696 g/mol. The molecule has 0 bridgehead atoms. The number of amides is 3. The molecule has 1 saturated heterocycles. The minimum atomic E-state index is -1.15. The standard InChI is InChI=1S/C34H51F2N5O8/c1-23(37-2)32(43)38-30(24-7-5-4-6-8-24)34(45)41-11-9-40(10-12-41)33(44)28-21-25-27(39(28)3)22-26(35)29(36)31(25)49-20-19-48-18-17-47-16-15-46-14-13-42/h21-24,30,37,42H,4-20H2,1-3H3,(H,38,43)/t23-,30-/m0/s1. The lowest BCUT2D eigenvalue weighted by Gasteiger charge is -2.39. The fourth-order valence-corrected chi connectivity index (χ4v) is 6.29. The van der Waals surface area contributed by atoms with Crippen molar-refractivity contribution in [2.75, 3.05) is 86.1 Å². The number of halogens is 2. The summed E-state index contributed by atoms with van der Waals surface area (Å²) in [6.45, 7) is 4.42. The van der Waals surface area contributed by atoms with Crippen LogP contribution in [0.4, 0.5) is 8.78 Å². The van der Waals surface area contributed by atoms with E-state index in [-0.39, 0.29) is 86.6 Å². The maximum Gasteiger partial charge on any atom is 0.270 e. The Kier molecular flexibility index (Phi) is 15.0. The molecule has 2 aromatic rings. The number of aromatic nitrogens is 1. The van der Waals surface area contributed by atoms with Crippen molar-refractivity contribution in [1.29, 1.82) is 0 Å². The predicted molar refractivity (Wildman–Crippen MR) is 177 cm³/mol. The van der Waals surface area contributed by atoms with Crippen LogP contribution >= 0.6 is 0 Å². The SMILES string of the molecule is CN[C@@H](C)C(=O)N[C@H](C(=O)N1CCN(C(=O)c2cc3c(OCCOCCOCCOCCO)c(F)c(F)cc3n2C)CC1)C1CCCCC1. The fraction of sp³-hybridized carbons (Fsp3) is 0.676. The molecule has 3 N–H and O–H groups in total. The Hall–Kier alpha value is -3.37. The first-order chi connectivity index (χ1) is 23.7. The Morgan fingerprint density at radius 1 is 0.898 bits per heavy atom. The summed E-state index contributed by atoms with van der Waals surface area (Å²) in [5, 5.41) is 14.9. The van der Waals surface area contributed by atoms with Crippen LogP contribution in [-0.2, 0) is 30.8 Å². The second-order valence-corrected chi connectivity index (χ2v) is 12.4. The molecule has 0 radical (unpaired) electrons. The zero-order valence-electron chi connectivity index (χ0n) is 28.8. The Balaban J connectivity index is 1.35. The van der Waals surface area contributed by atoms with Gasteiger partial charge in [-0.2, -0.15) is 4.39 Å². The number of piperazine rings is 1. The molecular weight excluding hydrogens is 644 g/mol. The van der Waals surface area contributed by atoms with Gasteiger partial charge >= 0.3 is 0 Å². The fourth-order valence-electron chi connectivity index (χ4n) is 6.29. The molecule has 2 heterocycles. The molecule has 0 unspecified atom stereocenters. The van der Waals surface area contributed by atoms with Crippen LogP contribution < -0.4 is 15.4 Å². The molecule has 2 atom stereocenters. The molecule has 1 aromatic heterocycles. The van der Waals surface area contributed by atoms with Crippen molar-refractivity contribution in [2.24, 2.45) is 13.0 Å². The van der Waals surface area contributed by atoms with Crippen molar-refractivity contribution in [3.05, 3.63) is 29.5 Å². The number of nitrogens with one attached hydrogen (secondary N) is 2. The van der Waals surface area contributed by atoms with Gasteiger partial charge in [-0.15, -0.1) is 0 Å². The summed E-state index contributed by atoms with van der Waals surface area (Å²) in [6.07, 6.45) is 4.92. The molecule has 3 amide bonds. The number of fused-ring (bicyclic) bond motifs is 1. The average Bonchev–Trinajstić information content (AvgIpc) is 3.45. The summed E-state index contributed by atoms with van der Waals surface area (Å²) in [6, 6.07) is 1.49. The summed E-state index contributed by atoms with van der Waals surface area (Å²) in [5.41, 5.74) is 0.528. The summed E-state index contributed by atoms with van der Waals surface area (Å²) < 4.78 is 52.6. The first-order valence-electron chi connectivity index (χ1n) is 17.2. The van der Waals surface area contributed by atoms with Crippen molar-refractivity contribution in [3.63, 3.8) is 0 Å². The lowest BCUT2D eigenvalue weighted by Crippen LogP contribution is -2.59. The van der Waals surface area contributed by atoms with Crippen LogP contribution in [0.25, 0.3) is 10.9 Å². The highest BCUT2D eigenvalue weighted by Gasteiger charge is 2.36. The number of likely N-dealkylation sites (N-methyl/N-ethyl adjacent to an activating group) is 1. The van der Waals surface area contributed by atoms with E-state index in [4.69, 9.17) is 24.1 Å². The number of aryl methyl sites for hydroxylation is 1. The van der Waals surface area contributed by atoms with Gasteiger partial charge in [-0.05, 0) is 38.8 Å². The maximum atomic E-state index is 14.9. The van der Waals surface area contributed by atoms with E-state index in [0.29, 0.717) is 38.4 Å². The van der Waals surface area contributed by atoms with Gasteiger partial charge < -0.3 is 49.1 Å². The first kappa shape index (κ1) is 38.4. The molecule has 1 saturated carbocycles. The number of nitrogens with zero attached hydrogens (tertiary/aromatic N) is 3. The van der Waals surface area contributed by atoms with Gasteiger partial charge in [0.15, 0.2) is 11.6 Å². The zero-order chi connectivity index (χ0) is 35.3. The number of hydrogen-bond acceptors (Lipinski definition) is 9. The van der Waals surface area contributed by atoms with Gasteiger partial charge in [0.25, 0.3) is 5.91 Å². The van der Waals surface area contributed by atoms with Gasteiger partial charge in [0.1, 0.15) is 18.3 Å². The minimum Gasteiger partial charge on any atom is -0.487 e. The molecule has 0 spiro atoms. The third kappa shape index (κ3) is 10.1. The van der Waals surface area contributed by atoms with Crippen molar-refractivity contribution in [1.82, 2.24) is 25.0 Å². The summed E-state index contributed by atoms with van der Waals surface area (Å²) in [5.74, 6) is -3.17. The highest BCUT2D eigenvalue weighted by molar-refractivity contribution is 6.00. The Morgan fingerprint density at radius 3 is 2.10 bits per heavy atom. The smallest absolute Gasteiger partial charge is 0.270 e. The number of ether oxygens (including phenoxy) is 4. The van der Waals surface area contributed by atoms with E-state index in [1.165, 1.54) is 10.6 Å². The monoisotopic (exact) mass is 695 g/mol. The van der Waals surface area contributed by atoms with Crippen molar-refractivity contribution in [3.8, 4) is 5.75 Å². The van der Waals surface area contributed by atoms with Crippen LogP contribution in [0.3, 0.4) is 0 Å². The van der Waals surface area contributed by atoms with Gasteiger partial charge in [0.2, 0.25) is 17.6 Å². The maximum absolute atomic E-state index is 14.9. The predicted octanol–water partition coefficient (Wildman–Crippen LogP) is 1.83. The van der Waals surface area contributed by atoms with E-state index in [1.807, 2.05) is 0 Å². The third-order valence-electron chi connectivity index (χ3n) is 9.26.